The minimum absolute atomic E-state index is 0.0409. The molecule has 4 rings (SSSR count). The first-order valence-electron chi connectivity index (χ1n) is 12.6. The summed E-state index contributed by atoms with van der Waals surface area (Å²) in [6.45, 7) is -0.708. The average molecular weight is 618 g/mol. The molecule has 0 atom stereocenters. The second kappa shape index (κ2) is 12.1. The minimum Gasteiger partial charge on any atom is -0.354 e. The molecule has 2 N–H and O–H groups in total. The van der Waals surface area contributed by atoms with Crippen molar-refractivity contribution in [3.63, 3.8) is 0 Å². The zero-order valence-electron chi connectivity index (χ0n) is 21.7. The first-order chi connectivity index (χ1) is 19.7. The normalized spacial score (nSPS) is 15.4. The van der Waals surface area contributed by atoms with Gasteiger partial charge in [-0.15, -0.1) is 0 Å². The van der Waals surface area contributed by atoms with Gasteiger partial charge < -0.3 is 10.6 Å². The van der Waals surface area contributed by atoms with Crippen molar-refractivity contribution in [1.29, 1.82) is 0 Å². The topological polar surface area (TPSA) is 113 Å². The third-order valence-electron chi connectivity index (χ3n) is 6.59. The van der Waals surface area contributed by atoms with Crippen LogP contribution in [0.1, 0.15) is 34.5 Å². The van der Waals surface area contributed by atoms with E-state index < -0.39 is 61.8 Å². The quantitative estimate of drug-likeness (QED) is 0.295. The van der Waals surface area contributed by atoms with Gasteiger partial charge in [0.25, 0.3) is 5.91 Å². The van der Waals surface area contributed by atoms with Crippen molar-refractivity contribution >= 4 is 21.8 Å². The zero-order chi connectivity index (χ0) is 30.7. The smallest absolute Gasteiger partial charge is 0.354 e. The Balaban J connectivity index is 1.30. The molecule has 1 aliphatic heterocycles. The molecule has 3 aromatic rings. The number of amides is 2. The Morgan fingerprint density at radius 3 is 2.07 bits per heavy atom. The van der Waals surface area contributed by atoms with Crippen LogP contribution in [0.3, 0.4) is 0 Å². The van der Waals surface area contributed by atoms with E-state index >= 15 is 0 Å². The molecule has 1 aromatic heterocycles. The summed E-state index contributed by atoms with van der Waals surface area (Å²) in [5.41, 5.74) is -3.02. The lowest BCUT2D eigenvalue weighted by Gasteiger charge is -2.31. The number of halogens is 6. The average Bonchev–Trinajstić information content (AvgIpc) is 3.42. The molecule has 16 heteroatoms. The monoisotopic (exact) mass is 617 g/mol. The summed E-state index contributed by atoms with van der Waals surface area (Å²) in [4.78, 5) is 24.2. The van der Waals surface area contributed by atoms with E-state index in [1.54, 1.807) is 18.2 Å². The van der Waals surface area contributed by atoms with Gasteiger partial charge in [0.2, 0.25) is 15.9 Å². The minimum atomic E-state index is -4.89. The number of benzene rings is 2. The summed E-state index contributed by atoms with van der Waals surface area (Å²) in [7, 11) is -4.46. The highest BCUT2D eigenvalue weighted by molar-refractivity contribution is 7.89. The molecule has 0 radical (unpaired) electrons. The number of aromatic nitrogens is 2. The number of rotatable bonds is 8. The Kier molecular flexibility index (Phi) is 8.96. The van der Waals surface area contributed by atoms with Gasteiger partial charge in [0.15, 0.2) is 5.69 Å². The van der Waals surface area contributed by atoms with Crippen LogP contribution in [0.15, 0.2) is 65.7 Å². The molecule has 9 nitrogen and oxygen atoms in total. The Hall–Kier alpha value is -3.92. The summed E-state index contributed by atoms with van der Waals surface area (Å²) in [6, 6.07) is 11.8. The van der Waals surface area contributed by atoms with Crippen molar-refractivity contribution in [3.8, 4) is 5.69 Å². The van der Waals surface area contributed by atoms with Crippen LogP contribution in [0, 0.1) is 5.92 Å². The van der Waals surface area contributed by atoms with Gasteiger partial charge in [-0.1, -0.05) is 30.3 Å². The highest BCUT2D eigenvalue weighted by Gasteiger charge is 2.41. The van der Waals surface area contributed by atoms with E-state index in [0.717, 1.165) is 27.3 Å². The number of nitrogens with one attached hydrogen (secondary N) is 2. The number of sulfonamides is 1. The number of hydrogen-bond acceptors (Lipinski definition) is 5. The molecule has 1 fully saturated rings. The SMILES string of the molecule is O=C(NCCNC(=O)C1CCN(S(=O)(=O)c2ccccc2C(F)(F)F)CC1)c1cn(-c2ccccc2)nc1C(F)(F)F. The maximum absolute atomic E-state index is 13.5. The van der Waals surface area contributed by atoms with Gasteiger partial charge in [-0.3, -0.25) is 9.59 Å². The van der Waals surface area contributed by atoms with Gasteiger partial charge in [-0.25, -0.2) is 13.1 Å². The first kappa shape index (κ1) is 31.0. The number of piperidine rings is 1. The summed E-state index contributed by atoms with van der Waals surface area (Å²) < 4.78 is 108. The first-order valence-corrected chi connectivity index (χ1v) is 14.1. The Morgan fingerprint density at radius 2 is 1.45 bits per heavy atom. The van der Waals surface area contributed by atoms with E-state index in [0.29, 0.717) is 11.8 Å². The number of alkyl halides is 6. The second-order valence-electron chi connectivity index (χ2n) is 9.39. The van der Waals surface area contributed by atoms with E-state index in [4.69, 9.17) is 0 Å². The predicted molar refractivity (Wildman–Crippen MR) is 137 cm³/mol. The van der Waals surface area contributed by atoms with Crippen LogP contribution in [-0.4, -0.2) is 60.5 Å². The van der Waals surface area contributed by atoms with Gasteiger partial charge >= 0.3 is 12.4 Å². The number of para-hydroxylation sites is 1. The van der Waals surface area contributed by atoms with Crippen LogP contribution in [0.4, 0.5) is 26.3 Å². The molecular formula is C26H25F6N5O4S. The molecule has 0 bridgehead atoms. The fourth-order valence-corrected chi connectivity index (χ4v) is 6.17. The molecular weight excluding hydrogens is 592 g/mol. The summed E-state index contributed by atoms with van der Waals surface area (Å²) in [5.74, 6) is -2.17. The predicted octanol–water partition coefficient (Wildman–Crippen LogP) is 3.86. The third kappa shape index (κ3) is 6.92. The number of carbonyl (C=O) groups is 2. The van der Waals surface area contributed by atoms with Crippen LogP contribution in [0.5, 0.6) is 0 Å². The molecule has 0 saturated carbocycles. The fourth-order valence-electron chi connectivity index (χ4n) is 4.49. The van der Waals surface area contributed by atoms with E-state index in [1.807, 2.05) is 0 Å². The lowest BCUT2D eigenvalue weighted by atomic mass is 9.97. The lowest BCUT2D eigenvalue weighted by Crippen LogP contribution is -2.44. The van der Waals surface area contributed by atoms with Gasteiger partial charge in [-0.2, -0.15) is 35.7 Å². The van der Waals surface area contributed by atoms with Crippen LogP contribution in [0.25, 0.3) is 5.69 Å². The van der Waals surface area contributed by atoms with Crippen molar-refractivity contribution in [3.05, 3.63) is 77.6 Å². The number of nitrogens with zero attached hydrogens (tertiary/aromatic N) is 3. The molecule has 2 amide bonds. The highest BCUT2D eigenvalue weighted by atomic mass is 32.2. The molecule has 1 saturated heterocycles. The zero-order valence-corrected chi connectivity index (χ0v) is 22.6. The molecule has 0 aliphatic carbocycles. The largest absolute Gasteiger partial charge is 0.435 e. The molecule has 226 valence electrons. The lowest BCUT2D eigenvalue weighted by molar-refractivity contribution is -0.142. The van der Waals surface area contributed by atoms with E-state index in [1.165, 1.54) is 18.2 Å². The summed E-state index contributed by atoms with van der Waals surface area (Å²) in [5, 5.41) is 8.36. The van der Waals surface area contributed by atoms with E-state index in [-0.39, 0.29) is 39.0 Å². The fraction of sp³-hybridized carbons (Fsp3) is 0.346. The van der Waals surface area contributed by atoms with Crippen molar-refractivity contribution in [2.75, 3.05) is 26.2 Å². The van der Waals surface area contributed by atoms with Crippen LogP contribution in [0.2, 0.25) is 0 Å². The van der Waals surface area contributed by atoms with E-state index in [2.05, 4.69) is 15.7 Å². The molecule has 0 unspecified atom stereocenters. The van der Waals surface area contributed by atoms with Crippen molar-refractivity contribution in [2.24, 2.45) is 5.92 Å². The van der Waals surface area contributed by atoms with Crippen molar-refractivity contribution in [1.82, 2.24) is 24.7 Å². The van der Waals surface area contributed by atoms with Gasteiger partial charge in [0, 0.05) is 38.3 Å². The Morgan fingerprint density at radius 1 is 0.857 bits per heavy atom. The second-order valence-corrected chi connectivity index (χ2v) is 11.3. The standard InChI is InChI=1S/C26H25F6N5O4S/c27-25(28,29)20-8-4-5-9-21(20)42(40,41)36-14-10-17(11-15-36)23(38)33-12-13-34-24(39)19-16-37(18-6-2-1-3-7-18)35-22(19)26(30,31)32/h1-9,16-17H,10-15H2,(H,33,38)(H,34,39). The molecule has 1 aliphatic rings. The van der Waals surface area contributed by atoms with Crippen LogP contribution in [-0.2, 0) is 27.2 Å². The maximum Gasteiger partial charge on any atom is 0.435 e. The molecule has 42 heavy (non-hydrogen) atoms. The number of carbonyl (C=O) groups excluding carboxylic acids is 2. The van der Waals surface area contributed by atoms with Gasteiger partial charge in [0.05, 0.1) is 21.7 Å². The Bertz CT molecular complexity index is 1530. The van der Waals surface area contributed by atoms with Crippen molar-refractivity contribution < 1.29 is 44.3 Å². The highest BCUT2D eigenvalue weighted by Crippen LogP contribution is 2.36. The number of hydrogen-bond donors (Lipinski definition) is 2. The summed E-state index contributed by atoms with van der Waals surface area (Å²) >= 11 is 0. The van der Waals surface area contributed by atoms with Crippen molar-refractivity contribution in [2.45, 2.75) is 30.1 Å². The third-order valence-corrected chi connectivity index (χ3v) is 8.55. The Labute approximate surface area is 236 Å². The maximum atomic E-state index is 13.5. The van der Waals surface area contributed by atoms with Gasteiger partial charge in [-0.05, 0) is 37.1 Å². The molecule has 2 aromatic carbocycles. The van der Waals surface area contributed by atoms with Gasteiger partial charge in [0.1, 0.15) is 0 Å². The van der Waals surface area contributed by atoms with Crippen LogP contribution < -0.4 is 10.6 Å². The molecule has 0 spiro atoms. The van der Waals surface area contributed by atoms with Crippen LogP contribution >= 0.6 is 0 Å². The summed E-state index contributed by atoms with van der Waals surface area (Å²) in [6.07, 6.45) is -8.72. The van der Waals surface area contributed by atoms with E-state index in [9.17, 15) is 44.3 Å². The molecule has 2 heterocycles.